The zero-order valence-corrected chi connectivity index (χ0v) is 19.4. The number of nitrogens with one attached hydrogen (secondary N) is 1. The third-order valence-corrected chi connectivity index (χ3v) is 8.24. The van der Waals surface area contributed by atoms with Crippen LogP contribution in [0.25, 0.3) is 22.2 Å². The predicted octanol–water partition coefficient (Wildman–Crippen LogP) is 5.05. The largest absolute Gasteiger partial charge is 0.269 e. The monoisotopic (exact) mass is 503 g/mol. The van der Waals surface area contributed by atoms with Crippen LogP contribution >= 0.6 is 15.9 Å². The maximum atomic E-state index is 13.4. The van der Waals surface area contributed by atoms with Crippen LogP contribution in [0.4, 0.5) is 0 Å². The van der Waals surface area contributed by atoms with Gasteiger partial charge in [0.15, 0.2) is 5.65 Å². The maximum absolute atomic E-state index is 13.4. The first-order chi connectivity index (χ1) is 14.1. The van der Waals surface area contributed by atoms with Gasteiger partial charge in [0.25, 0.3) is 10.0 Å². The number of fused-ring (bicyclic) bond motifs is 1. The van der Waals surface area contributed by atoms with Gasteiger partial charge in [-0.3, -0.25) is 0 Å². The highest BCUT2D eigenvalue weighted by Gasteiger charge is 2.24. The normalized spacial score (nSPS) is 14.0. The van der Waals surface area contributed by atoms with Crippen LogP contribution in [0.3, 0.4) is 0 Å². The smallest absolute Gasteiger partial charge is 0.249 e. The van der Waals surface area contributed by atoms with Gasteiger partial charge >= 0.3 is 0 Å². The number of pyridine rings is 1. The Balaban J connectivity index is 1.98. The van der Waals surface area contributed by atoms with Crippen molar-refractivity contribution in [1.29, 1.82) is 4.78 Å². The molecule has 6 nitrogen and oxygen atoms in total. The summed E-state index contributed by atoms with van der Waals surface area (Å²) in [5.74, 6) is 0. The van der Waals surface area contributed by atoms with Crippen molar-refractivity contribution in [2.45, 2.75) is 16.7 Å². The van der Waals surface area contributed by atoms with Crippen LogP contribution in [0.5, 0.6) is 0 Å². The molecule has 0 aliphatic heterocycles. The van der Waals surface area contributed by atoms with E-state index in [4.69, 9.17) is 4.78 Å². The molecule has 9 heteroatoms. The Bertz CT molecular complexity index is 1490. The van der Waals surface area contributed by atoms with Gasteiger partial charge in [0, 0.05) is 39.0 Å². The van der Waals surface area contributed by atoms with Crippen LogP contribution in [-0.4, -0.2) is 27.8 Å². The minimum Gasteiger partial charge on any atom is -0.249 e. The van der Waals surface area contributed by atoms with Gasteiger partial charge in [-0.2, -0.15) is 0 Å². The highest BCUT2D eigenvalue weighted by molar-refractivity contribution is 9.10. The molecule has 1 N–H and O–H groups in total. The van der Waals surface area contributed by atoms with E-state index in [-0.39, 0.29) is 4.90 Å². The van der Waals surface area contributed by atoms with Gasteiger partial charge in [-0.05, 0) is 58.2 Å². The van der Waals surface area contributed by atoms with E-state index in [1.54, 1.807) is 67.8 Å². The van der Waals surface area contributed by atoms with Gasteiger partial charge in [0.05, 0.1) is 14.6 Å². The summed E-state index contributed by atoms with van der Waals surface area (Å²) in [6.07, 6.45) is 4.49. The second kappa shape index (κ2) is 7.33. The number of halogens is 1. The molecule has 0 aliphatic carbocycles. The zero-order valence-electron chi connectivity index (χ0n) is 16.2. The third kappa shape index (κ3) is 3.57. The van der Waals surface area contributed by atoms with Crippen LogP contribution in [0.1, 0.15) is 5.56 Å². The summed E-state index contributed by atoms with van der Waals surface area (Å²) < 4.78 is 48.5. The molecule has 4 aromatic rings. The minimum atomic E-state index is -3.86. The zero-order chi connectivity index (χ0) is 21.7. The van der Waals surface area contributed by atoms with E-state index in [1.807, 2.05) is 6.07 Å². The summed E-state index contributed by atoms with van der Waals surface area (Å²) in [6.45, 7) is 1.76. The number of aromatic nitrogens is 2. The first-order valence-electron chi connectivity index (χ1n) is 8.91. The average Bonchev–Trinajstić information content (AvgIpc) is 3.07. The number of rotatable bonds is 4. The molecule has 2 heterocycles. The number of hydrogen-bond acceptors (Lipinski definition) is 5. The van der Waals surface area contributed by atoms with E-state index >= 15 is 0 Å². The number of nitrogens with zero attached hydrogens (tertiary/aromatic N) is 2. The quantitative estimate of drug-likeness (QED) is 0.421. The fourth-order valence-electron chi connectivity index (χ4n) is 3.31. The lowest BCUT2D eigenvalue weighted by Crippen LogP contribution is -2.13. The van der Waals surface area contributed by atoms with Gasteiger partial charge in [0.1, 0.15) is 0 Å². The van der Waals surface area contributed by atoms with E-state index in [2.05, 4.69) is 20.9 Å². The second-order valence-electron chi connectivity index (χ2n) is 7.00. The van der Waals surface area contributed by atoms with Crippen LogP contribution < -0.4 is 0 Å². The van der Waals surface area contributed by atoms with Crippen molar-refractivity contribution in [2.24, 2.45) is 0 Å². The number of hydrogen-bond donors (Lipinski definition) is 1. The Morgan fingerprint density at radius 3 is 2.33 bits per heavy atom. The molecular weight excluding hydrogens is 486 g/mol. The first-order valence-corrected chi connectivity index (χ1v) is 13.1. The summed E-state index contributed by atoms with van der Waals surface area (Å²) in [6, 6.07) is 15.4. The molecule has 154 valence electrons. The lowest BCUT2D eigenvalue weighted by Gasteiger charge is -2.09. The van der Waals surface area contributed by atoms with Crippen molar-refractivity contribution in [3.63, 3.8) is 0 Å². The average molecular weight is 504 g/mol. The summed E-state index contributed by atoms with van der Waals surface area (Å²) >= 11 is 3.41. The molecule has 0 bridgehead atoms. The summed E-state index contributed by atoms with van der Waals surface area (Å²) in [7, 11) is -6.70. The fraction of sp³-hybridized carbons (Fsp3) is 0.0952. The molecule has 0 amide bonds. The van der Waals surface area contributed by atoms with Crippen molar-refractivity contribution < 1.29 is 12.6 Å². The lowest BCUT2D eigenvalue weighted by atomic mass is 10.1. The Labute approximate surface area is 183 Å². The Morgan fingerprint density at radius 1 is 1.03 bits per heavy atom. The SMILES string of the molecule is Cc1ccccc1S(=O)(=O)n1cc(-c2ccc(S(C)(=N)=O)cc2)c2cc(Br)cnc21. The van der Waals surface area contributed by atoms with Crippen LogP contribution in [0.15, 0.2) is 81.3 Å². The van der Waals surface area contributed by atoms with Gasteiger partial charge < -0.3 is 0 Å². The molecule has 30 heavy (non-hydrogen) atoms. The standard InChI is InChI=1S/C21H18BrN3O3S2/c1-14-5-3-4-6-20(14)30(27,28)25-13-19(18-11-16(22)12-24-21(18)25)15-7-9-17(10-8-15)29(2,23)26/h3-13,23H,1-2H3. The molecule has 1 atom stereocenters. The van der Waals surface area contributed by atoms with Gasteiger partial charge in [-0.25, -0.2) is 26.4 Å². The van der Waals surface area contributed by atoms with E-state index in [1.165, 1.54) is 10.2 Å². The first kappa shape index (κ1) is 20.8. The highest BCUT2D eigenvalue weighted by Crippen LogP contribution is 2.34. The van der Waals surface area contributed by atoms with Crippen molar-refractivity contribution in [2.75, 3.05) is 6.26 Å². The molecule has 0 saturated carbocycles. The Hall–Kier alpha value is -2.49. The Morgan fingerprint density at radius 2 is 1.70 bits per heavy atom. The molecule has 4 rings (SSSR count). The third-order valence-electron chi connectivity index (χ3n) is 4.82. The topological polar surface area (TPSA) is 92.9 Å². The van der Waals surface area contributed by atoms with Gasteiger partial charge in [-0.1, -0.05) is 30.3 Å². The van der Waals surface area contributed by atoms with Crippen LogP contribution in [0.2, 0.25) is 0 Å². The molecule has 0 aliphatic rings. The van der Waals surface area contributed by atoms with Crippen molar-refractivity contribution in [1.82, 2.24) is 8.96 Å². The minimum absolute atomic E-state index is 0.216. The molecule has 0 radical (unpaired) electrons. The predicted molar refractivity (Wildman–Crippen MR) is 122 cm³/mol. The van der Waals surface area contributed by atoms with E-state index < -0.39 is 19.8 Å². The summed E-state index contributed by atoms with van der Waals surface area (Å²) in [4.78, 5) is 5.00. The maximum Gasteiger partial charge on any atom is 0.269 e. The van der Waals surface area contributed by atoms with Crippen molar-refractivity contribution in [3.05, 3.63) is 77.0 Å². The van der Waals surface area contributed by atoms with E-state index in [0.29, 0.717) is 27.1 Å². The molecule has 0 spiro atoms. The molecular formula is C21H18BrN3O3S2. The molecule has 2 aromatic carbocycles. The highest BCUT2D eigenvalue weighted by atomic mass is 79.9. The van der Waals surface area contributed by atoms with Gasteiger partial charge in [-0.15, -0.1) is 0 Å². The molecule has 0 saturated heterocycles. The van der Waals surface area contributed by atoms with Gasteiger partial charge in [0.2, 0.25) is 0 Å². The summed E-state index contributed by atoms with van der Waals surface area (Å²) in [5.41, 5.74) is 2.39. The van der Waals surface area contributed by atoms with Crippen molar-refractivity contribution in [3.8, 4) is 11.1 Å². The van der Waals surface area contributed by atoms with Crippen LogP contribution in [-0.2, 0) is 19.8 Å². The molecule has 1 unspecified atom stereocenters. The number of aryl methyl sites for hydroxylation is 1. The number of benzene rings is 2. The second-order valence-corrected chi connectivity index (χ2v) is 11.9. The lowest BCUT2D eigenvalue weighted by molar-refractivity contribution is 0.588. The molecule has 0 fully saturated rings. The molecule has 2 aromatic heterocycles. The van der Waals surface area contributed by atoms with E-state index in [9.17, 15) is 12.6 Å². The van der Waals surface area contributed by atoms with Crippen molar-refractivity contribution >= 4 is 46.7 Å². The fourth-order valence-corrected chi connectivity index (χ4v) is 5.85. The summed E-state index contributed by atoms with van der Waals surface area (Å²) in [5, 5.41) is 0.664. The Kier molecular flexibility index (Phi) is 5.08. The van der Waals surface area contributed by atoms with Crippen LogP contribution in [0, 0.1) is 11.7 Å². The van der Waals surface area contributed by atoms with E-state index in [0.717, 1.165) is 10.0 Å².